The molecule has 1 heterocycles. The first-order chi connectivity index (χ1) is 12.9. The maximum atomic E-state index is 13.1. The van der Waals surface area contributed by atoms with Crippen molar-refractivity contribution in [1.82, 2.24) is 9.78 Å². The van der Waals surface area contributed by atoms with Gasteiger partial charge in [0, 0.05) is 6.20 Å². The van der Waals surface area contributed by atoms with E-state index in [2.05, 4.69) is 10.4 Å². The molecule has 27 heavy (non-hydrogen) atoms. The number of amides is 1. The molecule has 0 unspecified atom stereocenters. The zero-order valence-corrected chi connectivity index (χ0v) is 14.5. The van der Waals surface area contributed by atoms with Crippen molar-refractivity contribution in [2.45, 2.75) is 12.9 Å². The molecule has 0 atom stereocenters. The van der Waals surface area contributed by atoms with Crippen molar-refractivity contribution in [3.63, 3.8) is 0 Å². The van der Waals surface area contributed by atoms with E-state index < -0.39 is 17.6 Å². The Kier molecular flexibility index (Phi) is 5.36. The highest BCUT2D eigenvalue weighted by molar-refractivity contribution is 6.32. The number of carbonyl (C=O) groups is 1. The fourth-order valence-corrected chi connectivity index (χ4v) is 2.54. The Balaban J connectivity index is 1.76. The van der Waals surface area contributed by atoms with Crippen LogP contribution in [0, 0.1) is 0 Å². The van der Waals surface area contributed by atoms with E-state index in [9.17, 15) is 18.0 Å². The summed E-state index contributed by atoms with van der Waals surface area (Å²) in [6.45, 7) is -0.138. The van der Waals surface area contributed by atoms with Gasteiger partial charge in [-0.15, -0.1) is 0 Å². The van der Waals surface area contributed by atoms with Gasteiger partial charge in [0.15, 0.2) is 6.73 Å². The molecule has 1 aromatic heterocycles. The van der Waals surface area contributed by atoms with Crippen LogP contribution in [0.3, 0.4) is 0 Å². The molecule has 2 aromatic carbocycles. The standard InChI is InChI=1S/C18H13ClF3N3O2/c19-13-6-2-4-8-16(13)27-11-25-15(9-10-23-25)17(26)24-14-7-3-1-5-12(14)18(20,21)22/h1-10H,11H2,(H,24,26). The van der Waals surface area contributed by atoms with Crippen molar-refractivity contribution in [3.8, 4) is 5.75 Å². The lowest BCUT2D eigenvalue weighted by molar-refractivity contribution is -0.136. The van der Waals surface area contributed by atoms with Crippen LogP contribution < -0.4 is 10.1 Å². The number of carbonyl (C=O) groups excluding carboxylic acids is 1. The van der Waals surface area contributed by atoms with Crippen LogP contribution in [-0.2, 0) is 12.9 Å². The first-order valence-electron chi connectivity index (χ1n) is 7.73. The fourth-order valence-electron chi connectivity index (χ4n) is 2.35. The van der Waals surface area contributed by atoms with E-state index in [-0.39, 0.29) is 18.1 Å². The number of anilines is 1. The van der Waals surface area contributed by atoms with Gasteiger partial charge in [-0.05, 0) is 30.3 Å². The molecule has 0 spiro atoms. The Bertz CT molecular complexity index is 957. The number of rotatable bonds is 5. The summed E-state index contributed by atoms with van der Waals surface area (Å²) in [5, 5.41) is 6.61. The van der Waals surface area contributed by atoms with E-state index in [1.807, 2.05) is 0 Å². The Morgan fingerprint density at radius 1 is 1.11 bits per heavy atom. The van der Waals surface area contributed by atoms with Crippen LogP contribution in [0.4, 0.5) is 18.9 Å². The highest BCUT2D eigenvalue weighted by Crippen LogP contribution is 2.34. The number of benzene rings is 2. The van der Waals surface area contributed by atoms with Gasteiger partial charge < -0.3 is 10.1 Å². The second-order valence-corrected chi connectivity index (χ2v) is 5.82. The lowest BCUT2D eigenvalue weighted by atomic mass is 10.1. The quantitative estimate of drug-likeness (QED) is 0.672. The lowest BCUT2D eigenvalue weighted by Gasteiger charge is -2.14. The summed E-state index contributed by atoms with van der Waals surface area (Å²) in [7, 11) is 0. The monoisotopic (exact) mass is 395 g/mol. The van der Waals surface area contributed by atoms with E-state index in [4.69, 9.17) is 16.3 Å². The molecule has 0 saturated carbocycles. The summed E-state index contributed by atoms with van der Waals surface area (Å²) < 4.78 is 45.9. The average Bonchev–Trinajstić information content (AvgIpc) is 3.09. The summed E-state index contributed by atoms with van der Waals surface area (Å²) in [6.07, 6.45) is -3.24. The van der Waals surface area contributed by atoms with Gasteiger partial charge in [-0.3, -0.25) is 4.79 Å². The van der Waals surface area contributed by atoms with Gasteiger partial charge >= 0.3 is 6.18 Å². The van der Waals surface area contributed by atoms with Crippen LogP contribution in [0.15, 0.2) is 60.8 Å². The van der Waals surface area contributed by atoms with Gasteiger partial charge in [0.1, 0.15) is 11.4 Å². The summed E-state index contributed by atoms with van der Waals surface area (Å²) in [5.41, 5.74) is -1.23. The average molecular weight is 396 g/mol. The topological polar surface area (TPSA) is 56.2 Å². The molecule has 0 aliphatic carbocycles. The number of para-hydroxylation sites is 2. The molecular formula is C18H13ClF3N3O2. The molecule has 0 aliphatic rings. The maximum Gasteiger partial charge on any atom is 0.418 e. The third-order valence-electron chi connectivity index (χ3n) is 3.61. The predicted molar refractivity (Wildman–Crippen MR) is 93.7 cm³/mol. The van der Waals surface area contributed by atoms with E-state index in [1.54, 1.807) is 24.3 Å². The molecule has 3 rings (SSSR count). The summed E-state index contributed by atoms with van der Waals surface area (Å²) in [5.74, 6) is -0.351. The third kappa shape index (κ3) is 4.40. The minimum absolute atomic E-state index is 0.0408. The molecular weight excluding hydrogens is 383 g/mol. The number of nitrogens with one attached hydrogen (secondary N) is 1. The van der Waals surface area contributed by atoms with E-state index in [0.29, 0.717) is 10.8 Å². The number of alkyl halides is 3. The number of ether oxygens (including phenoxy) is 1. The van der Waals surface area contributed by atoms with Crippen molar-refractivity contribution in [2.75, 3.05) is 5.32 Å². The second-order valence-electron chi connectivity index (χ2n) is 5.42. The van der Waals surface area contributed by atoms with E-state index in [0.717, 1.165) is 6.07 Å². The molecule has 0 radical (unpaired) electrons. The first-order valence-corrected chi connectivity index (χ1v) is 8.11. The molecule has 3 aromatic rings. The van der Waals surface area contributed by atoms with Crippen LogP contribution in [0.2, 0.25) is 5.02 Å². The zero-order chi connectivity index (χ0) is 19.4. The third-order valence-corrected chi connectivity index (χ3v) is 3.92. The van der Waals surface area contributed by atoms with Crippen LogP contribution >= 0.6 is 11.6 Å². The Morgan fingerprint density at radius 2 is 1.81 bits per heavy atom. The van der Waals surface area contributed by atoms with Crippen molar-refractivity contribution in [1.29, 1.82) is 0 Å². The number of nitrogens with zero attached hydrogens (tertiary/aromatic N) is 2. The van der Waals surface area contributed by atoms with Crippen molar-refractivity contribution in [3.05, 3.63) is 77.1 Å². The van der Waals surface area contributed by atoms with E-state index in [1.165, 1.54) is 35.1 Å². The smallest absolute Gasteiger partial charge is 0.418 e. The Hall–Kier alpha value is -3.00. The zero-order valence-electron chi connectivity index (χ0n) is 13.7. The predicted octanol–water partition coefficient (Wildman–Crippen LogP) is 4.84. The SMILES string of the molecule is O=C(Nc1ccccc1C(F)(F)F)c1ccnn1COc1ccccc1Cl. The van der Waals surface area contributed by atoms with E-state index >= 15 is 0 Å². The largest absolute Gasteiger partial charge is 0.470 e. The molecule has 0 fully saturated rings. The summed E-state index contributed by atoms with van der Waals surface area (Å²) in [4.78, 5) is 12.4. The maximum absolute atomic E-state index is 13.1. The molecule has 0 saturated heterocycles. The number of halogens is 4. The molecule has 1 N–H and O–H groups in total. The highest BCUT2D eigenvalue weighted by Gasteiger charge is 2.33. The minimum atomic E-state index is -4.59. The summed E-state index contributed by atoms with van der Waals surface area (Å²) >= 11 is 5.99. The molecule has 5 nitrogen and oxygen atoms in total. The van der Waals surface area contributed by atoms with Crippen LogP contribution in [-0.4, -0.2) is 15.7 Å². The minimum Gasteiger partial charge on any atom is -0.470 e. The van der Waals surface area contributed by atoms with Gasteiger partial charge in [-0.1, -0.05) is 35.9 Å². The Morgan fingerprint density at radius 3 is 2.56 bits per heavy atom. The number of hydrogen-bond donors (Lipinski definition) is 1. The van der Waals surface area contributed by atoms with Crippen LogP contribution in [0.1, 0.15) is 16.1 Å². The number of hydrogen-bond acceptors (Lipinski definition) is 3. The fraction of sp³-hybridized carbons (Fsp3) is 0.111. The van der Waals surface area contributed by atoms with Gasteiger partial charge in [0.2, 0.25) is 0 Å². The van der Waals surface area contributed by atoms with Crippen LogP contribution in [0.5, 0.6) is 5.75 Å². The second kappa shape index (κ2) is 7.71. The first kappa shape index (κ1) is 18.8. The number of aromatic nitrogens is 2. The van der Waals surface area contributed by atoms with Crippen molar-refractivity contribution < 1.29 is 22.7 Å². The molecule has 140 valence electrons. The van der Waals surface area contributed by atoms with Crippen molar-refractivity contribution in [2.24, 2.45) is 0 Å². The van der Waals surface area contributed by atoms with Crippen molar-refractivity contribution >= 4 is 23.2 Å². The molecule has 9 heteroatoms. The van der Waals surface area contributed by atoms with Gasteiger partial charge in [-0.2, -0.15) is 18.3 Å². The Labute approximate surface area is 157 Å². The summed E-state index contributed by atoms with van der Waals surface area (Å²) in [6, 6.07) is 12.9. The lowest BCUT2D eigenvalue weighted by Crippen LogP contribution is -2.21. The van der Waals surface area contributed by atoms with Gasteiger partial charge in [0.25, 0.3) is 5.91 Å². The highest BCUT2D eigenvalue weighted by atomic mass is 35.5. The van der Waals surface area contributed by atoms with Gasteiger partial charge in [0.05, 0.1) is 16.3 Å². The molecule has 0 bridgehead atoms. The van der Waals surface area contributed by atoms with Crippen LogP contribution in [0.25, 0.3) is 0 Å². The normalized spacial score (nSPS) is 11.3. The van der Waals surface area contributed by atoms with Gasteiger partial charge in [-0.25, -0.2) is 4.68 Å². The molecule has 0 aliphatic heterocycles. The molecule has 1 amide bonds.